The van der Waals surface area contributed by atoms with Crippen LogP contribution in [-0.2, 0) is 4.74 Å². The molecule has 2 N–H and O–H groups in total. The maximum absolute atomic E-state index is 5.63. The Kier molecular flexibility index (Phi) is 3.34. The summed E-state index contributed by atoms with van der Waals surface area (Å²) in [4.78, 5) is 6.06. The van der Waals surface area contributed by atoms with Gasteiger partial charge in [0, 0.05) is 33.2 Å². The lowest BCUT2D eigenvalue weighted by Gasteiger charge is -2.11. The average Bonchev–Trinajstić information content (AvgIpc) is 2.51. The molecule has 0 aromatic carbocycles. The van der Waals surface area contributed by atoms with Crippen molar-refractivity contribution in [3.8, 4) is 0 Å². The van der Waals surface area contributed by atoms with Crippen LogP contribution < -0.4 is 5.73 Å². The molecule has 1 atom stereocenters. The largest absolute Gasteiger partial charge is 0.381 e. The highest BCUT2D eigenvalue weighted by Crippen LogP contribution is 2.11. The molecule has 0 aromatic heterocycles. The highest BCUT2D eigenvalue weighted by atomic mass is 16.5. The summed E-state index contributed by atoms with van der Waals surface area (Å²) in [7, 11) is 3.79. The quantitative estimate of drug-likeness (QED) is 0.466. The number of hydrogen-bond donors (Lipinski definition) is 1. The Morgan fingerprint density at radius 3 is 2.92 bits per heavy atom. The maximum atomic E-state index is 5.63. The van der Waals surface area contributed by atoms with Crippen LogP contribution >= 0.6 is 0 Å². The Morgan fingerprint density at radius 2 is 2.42 bits per heavy atom. The van der Waals surface area contributed by atoms with Gasteiger partial charge in [0.1, 0.15) is 0 Å². The molecule has 1 aliphatic heterocycles. The van der Waals surface area contributed by atoms with Crippen LogP contribution in [0.5, 0.6) is 0 Å². The second-order valence-electron chi connectivity index (χ2n) is 3.32. The van der Waals surface area contributed by atoms with E-state index in [9.17, 15) is 0 Å². The summed E-state index contributed by atoms with van der Waals surface area (Å²) in [5.41, 5.74) is 5.63. The van der Waals surface area contributed by atoms with Crippen LogP contribution in [0.4, 0.5) is 0 Å². The highest BCUT2D eigenvalue weighted by Gasteiger charge is 2.14. The second-order valence-corrected chi connectivity index (χ2v) is 3.32. The SMILES string of the molecule is CN(C)C(N)=NCC1CCOC1. The lowest BCUT2D eigenvalue weighted by atomic mass is 10.1. The molecule has 1 saturated heterocycles. The van der Waals surface area contributed by atoms with Crippen molar-refractivity contribution in [2.24, 2.45) is 16.6 Å². The Balaban J connectivity index is 2.26. The van der Waals surface area contributed by atoms with Gasteiger partial charge in [0.2, 0.25) is 0 Å². The van der Waals surface area contributed by atoms with Crippen LogP contribution in [0.3, 0.4) is 0 Å². The summed E-state index contributed by atoms with van der Waals surface area (Å²) in [6.07, 6.45) is 1.12. The minimum Gasteiger partial charge on any atom is -0.381 e. The summed E-state index contributed by atoms with van der Waals surface area (Å²) >= 11 is 0. The zero-order valence-electron chi connectivity index (χ0n) is 7.79. The van der Waals surface area contributed by atoms with E-state index in [2.05, 4.69) is 4.99 Å². The van der Waals surface area contributed by atoms with Crippen LogP contribution in [-0.4, -0.2) is 44.7 Å². The molecule has 0 saturated carbocycles. The topological polar surface area (TPSA) is 50.8 Å². The Hall–Kier alpha value is -0.770. The first kappa shape index (κ1) is 9.32. The monoisotopic (exact) mass is 171 g/mol. The predicted molar refractivity (Wildman–Crippen MR) is 49.1 cm³/mol. The minimum absolute atomic E-state index is 0.573. The van der Waals surface area contributed by atoms with Gasteiger partial charge in [-0.25, -0.2) is 0 Å². The molecule has 0 radical (unpaired) electrons. The minimum atomic E-state index is 0.573. The lowest BCUT2D eigenvalue weighted by molar-refractivity contribution is 0.187. The summed E-state index contributed by atoms with van der Waals surface area (Å²) in [6, 6.07) is 0. The van der Waals surface area contributed by atoms with Crippen LogP contribution in [0.2, 0.25) is 0 Å². The molecule has 4 heteroatoms. The first-order valence-corrected chi connectivity index (χ1v) is 4.25. The van der Waals surface area contributed by atoms with Gasteiger partial charge in [-0.3, -0.25) is 4.99 Å². The fourth-order valence-electron chi connectivity index (χ4n) is 1.09. The number of aliphatic imine (C=N–C) groups is 1. The molecule has 0 aliphatic carbocycles. The molecular weight excluding hydrogens is 154 g/mol. The van der Waals surface area contributed by atoms with E-state index in [1.165, 1.54) is 0 Å². The van der Waals surface area contributed by atoms with Gasteiger partial charge in [-0.2, -0.15) is 0 Å². The van der Waals surface area contributed by atoms with Crippen molar-refractivity contribution in [3.05, 3.63) is 0 Å². The van der Waals surface area contributed by atoms with E-state index in [-0.39, 0.29) is 0 Å². The standard InChI is InChI=1S/C8H17N3O/c1-11(2)8(9)10-5-7-3-4-12-6-7/h7H,3-6H2,1-2H3,(H2,9,10). The van der Waals surface area contributed by atoms with Gasteiger partial charge in [-0.1, -0.05) is 0 Å². The lowest BCUT2D eigenvalue weighted by Crippen LogP contribution is -2.31. The second kappa shape index (κ2) is 4.30. The third-order valence-corrected chi connectivity index (χ3v) is 1.99. The fourth-order valence-corrected chi connectivity index (χ4v) is 1.09. The van der Waals surface area contributed by atoms with E-state index in [4.69, 9.17) is 10.5 Å². The molecule has 70 valence electrons. The third kappa shape index (κ3) is 2.70. The Morgan fingerprint density at radius 1 is 1.67 bits per heavy atom. The molecule has 1 fully saturated rings. The van der Waals surface area contributed by atoms with Gasteiger partial charge >= 0.3 is 0 Å². The number of guanidine groups is 1. The molecule has 0 aromatic rings. The van der Waals surface area contributed by atoms with Crippen LogP contribution in [0.1, 0.15) is 6.42 Å². The van der Waals surface area contributed by atoms with Gasteiger partial charge in [0.15, 0.2) is 5.96 Å². The van der Waals surface area contributed by atoms with Crippen LogP contribution in [0.25, 0.3) is 0 Å². The van der Waals surface area contributed by atoms with E-state index >= 15 is 0 Å². The van der Waals surface area contributed by atoms with Crippen molar-refractivity contribution in [1.82, 2.24) is 4.90 Å². The fraction of sp³-hybridized carbons (Fsp3) is 0.875. The van der Waals surface area contributed by atoms with Gasteiger partial charge in [0.25, 0.3) is 0 Å². The van der Waals surface area contributed by atoms with Crippen molar-refractivity contribution in [2.45, 2.75) is 6.42 Å². The van der Waals surface area contributed by atoms with Gasteiger partial charge < -0.3 is 15.4 Å². The molecule has 1 rings (SSSR count). The van der Waals surface area contributed by atoms with Gasteiger partial charge in [-0.15, -0.1) is 0 Å². The molecule has 1 aliphatic rings. The zero-order valence-corrected chi connectivity index (χ0v) is 7.79. The van der Waals surface area contributed by atoms with E-state index in [1.54, 1.807) is 0 Å². The summed E-state index contributed by atoms with van der Waals surface area (Å²) in [6.45, 7) is 2.51. The summed E-state index contributed by atoms with van der Waals surface area (Å²) < 4.78 is 5.23. The number of nitrogens with two attached hydrogens (primary N) is 1. The number of hydrogen-bond acceptors (Lipinski definition) is 2. The van der Waals surface area contributed by atoms with Crippen molar-refractivity contribution in [3.63, 3.8) is 0 Å². The highest BCUT2D eigenvalue weighted by molar-refractivity contribution is 5.77. The van der Waals surface area contributed by atoms with E-state index in [0.717, 1.165) is 26.2 Å². The summed E-state index contributed by atoms with van der Waals surface area (Å²) in [5.74, 6) is 1.17. The zero-order chi connectivity index (χ0) is 8.97. The molecule has 12 heavy (non-hydrogen) atoms. The number of rotatable bonds is 2. The predicted octanol–water partition coefficient (Wildman–Crippen LogP) is -0.101. The normalized spacial score (nSPS) is 24.5. The molecule has 4 nitrogen and oxygen atoms in total. The Bertz CT molecular complexity index is 162. The Labute approximate surface area is 73.4 Å². The number of ether oxygens (including phenoxy) is 1. The van der Waals surface area contributed by atoms with Gasteiger partial charge in [0.05, 0.1) is 6.61 Å². The molecule has 0 amide bonds. The van der Waals surface area contributed by atoms with Crippen molar-refractivity contribution >= 4 is 5.96 Å². The average molecular weight is 171 g/mol. The van der Waals surface area contributed by atoms with Crippen LogP contribution in [0, 0.1) is 5.92 Å². The molecule has 1 heterocycles. The maximum Gasteiger partial charge on any atom is 0.190 e. The first-order chi connectivity index (χ1) is 5.70. The molecule has 0 bridgehead atoms. The summed E-state index contributed by atoms with van der Waals surface area (Å²) in [5, 5.41) is 0. The van der Waals surface area contributed by atoms with E-state index in [1.807, 2.05) is 19.0 Å². The van der Waals surface area contributed by atoms with Crippen molar-refractivity contribution in [1.29, 1.82) is 0 Å². The van der Waals surface area contributed by atoms with E-state index < -0.39 is 0 Å². The molecule has 1 unspecified atom stereocenters. The first-order valence-electron chi connectivity index (χ1n) is 4.25. The van der Waals surface area contributed by atoms with Gasteiger partial charge in [-0.05, 0) is 6.42 Å². The van der Waals surface area contributed by atoms with Crippen LogP contribution in [0.15, 0.2) is 4.99 Å². The smallest absolute Gasteiger partial charge is 0.190 e. The number of nitrogens with zero attached hydrogens (tertiary/aromatic N) is 2. The van der Waals surface area contributed by atoms with E-state index in [0.29, 0.717) is 11.9 Å². The molecule has 0 spiro atoms. The third-order valence-electron chi connectivity index (χ3n) is 1.99. The molecular formula is C8H17N3O. The van der Waals surface area contributed by atoms with Crippen molar-refractivity contribution < 1.29 is 4.74 Å². The van der Waals surface area contributed by atoms with Crippen molar-refractivity contribution in [2.75, 3.05) is 33.9 Å².